The summed E-state index contributed by atoms with van der Waals surface area (Å²) < 4.78 is 26.0. The third-order valence-electron chi connectivity index (χ3n) is 3.00. The van der Waals surface area contributed by atoms with Crippen molar-refractivity contribution in [3.8, 4) is 0 Å². The molecular weight excluding hydrogens is 300 g/mol. The Bertz CT molecular complexity index is 619. The standard InChI is InChI=1S/C15H14ClF2NS/c1-9(19-2)12-5-3-10(7-13(12)16)20-11-4-6-14(17)15(18)8-11/h3-9,19H,1-2H3. The van der Waals surface area contributed by atoms with Crippen LogP contribution in [-0.2, 0) is 0 Å². The highest BCUT2D eigenvalue weighted by Crippen LogP contribution is 2.33. The average Bonchev–Trinajstić information content (AvgIpc) is 2.42. The van der Waals surface area contributed by atoms with Crippen LogP contribution in [0.4, 0.5) is 8.78 Å². The summed E-state index contributed by atoms with van der Waals surface area (Å²) in [5.41, 5.74) is 1.00. The number of benzene rings is 2. The summed E-state index contributed by atoms with van der Waals surface area (Å²) in [7, 11) is 1.87. The van der Waals surface area contributed by atoms with Gasteiger partial charge in [0, 0.05) is 20.9 Å². The van der Waals surface area contributed by atoms with Gasteiger partial charge < -0.3 is 5.32 Å². The van der Waals surface area contributed by atoms with E-state index < -0.39 is 11.6 Å². The van der Waals surface area contributed by atoms with Gasteiger partial charge in [0.15, 0.2) is 11.6 Å². The molecular formula is C15H14ClF2NS. The number of halogens is 3. The van der Waals surface area contributed by atoms with Crippen molar-refractivity contribution in [3.05, 3.63) is 58.6 Å². The zero-order valence-corrected chi connectivity index (χ0v) is 12.7. The van der Waals surface area contributed by atoms with Crippen LogP contribution in [0.2, 0.25) is 5.02 Å². The van der Waals surface area contributed by atoms with Crippen LogP contribution in [-0.4, -0.2) is 7.05 Å². The van der Waals surface area contributed by atoms with Crippen molar-refractivity contribution in [2.24, 2.45) is 0 Å². The summed E-state index contributed by atoms with van der Waals surface area (Å²) in [6.07, 6.45) is 0. The highest BCUT2D eigenvalue weighted by Gasteiger charge is 2.09. The lowest BCUT2D eigenvalue weighted by molar-refractivity contribution is 0.506. The molecule has 2 aromatic rings. The molecule has 0 aromatic heterocycles. The summed E-state index contributed by atoms with van der Waals surface area (Å²) in [5.74, 6) is -1.69. The molecule has 0 radical (unpaired) electrons. The van der Waals surface area contributed by atoms with E-state index in [1.54, 1.807) is 6.07 Å². The van der Waals surface area contributed by atoms with Crippen molar-refractivity contribution in [1.29, 1.82) is 0 Å². The zero-order chi connectivity index (χ0) is 14.7. The fraction of sp³-hybridized carbons (Fsp3) is 0.200. The summed E-state index contributed by atoms with van der Waals surface area (Å²) in [6, 6.07) is 9.68. The summed E-state index contributed by atoms with van der Waals surface area (Å²) in [4.78, 5) is 1.52. The van der Waals surface area contributed by atoms with Gasteiger partial charge in [0.2, 0.25) is 0 Å². The Morgan fingerprint density at radius 3 is 2.30 bits per heavy atom. The van der Waals surface area contributed by atoms with Gasteiger partial charge in [-0.2, -0.15) is 0 Å². The molecule has 2 rings (SSSR count). The highest BCUT2D eigenvalue weighted by molar-refractivity contribution is 7.99. The smallest absolute Gasteiger partial charge is 0.159 e. The van der Waals surface area contributed by atoms with Crippen LogP contribution >= 0.6 is 23.4 Å². The summed E-state index contributed by atoms with van der Waals surface area (Å²) >= 11 is 7.58. The second-order valence-electron chi connectivity index (χ2n) is 4.37. The van der Waals surface area contributed by atoms with E-state index in [1.165, 1.54) is 17.8 Å². The second-order valence-corrected chi connectivity index (χ2v) is 5.93. The van der Waals surface area contributed by atoms with Gasteiger partial charge in [-0.05, 0) is 49.9 Å². The molecule has 0 aliphatic rings. The molecule has 0 saturated carbocycles. The first-order valence-electron chi connectivity index (χ1n) is 6.11. The molecule has 2 aromatic carbocycles. The van der Waals surface area contributed by atoms with Gasteiger partial charge in [0.25, 0.3) is 0 Å². The molecule has 0 fully saturated rings. The Morgan fingerprint density at radius 2 is 1.70 bits per heavy atom. The third-order valence-corrected chi connectivity index (χ3v) is 4.30. The molecule has 106 valence electrons. The fourth-order valence-electron chi connectivity index (χ4n) is 1.75. The van der Waals surface area contributed by atoms with Crippen LogP contribution in [0.15, 0.2) is 46.2 Å². The molecule has 1 unspecified atom stereocenters. The molecule has 0 spiro atoms. The van der Waals surface area contributed by atoms with Crippen molar-refractivity contribution in [1.82, 2.24) is 5.32 Å². The zero-order valence-electron chi connectivity index (χ0n) is 11.1. The largest absolute Gasteiger partial charge is 0.313 e. The van der Waals surface area contributed by atoms with Gasteiger partial charge in [-0.3, -0.25) is 0 Å². The van der Waals surface area contributed by atoms with Crippen molar-refractivity contribution < 1.29 is 8.78 Å². The average molecular weight is 314 g/mol. The Hall–Kier alpha value is -1.10. The van der Waals surface area contributed by atoms with Crippen molar-refractivity contribution in [2.45, 2.75) is 22.8 Å². The second kappa shape index (κ2) is 6.57. The van der Waals surface area contributed by atoms with Gasteiger partial charge in [0.1, 0.15) is 0 Å². The Kier molecular flexibility index (Phi) is 5.02. The minimum absolute atomic E-state index is 0.157. The highest BCUT2D eigenvalue weighted by atomic mass is 35.5. The number of nitrogens with one attached hydrogen (secondary N) is 1. The molecule has 5 heteroatoms. The molecule has 0 aliphatic carbocycles. The van der Waals surface area contributed by atoms with E-state index in [0.29, 0.717) is 9.92 Å². The first kappa shape index (κ1) is 15.3. The minimum Gasteiger partial charge on any atom is -0.313 e. The predicted molar refractivity (Wildman–Crippen MR) is 79.4 cm³/mol. The molecule has 1 N–H and O–H groups in total. The maximum absolute atomic E-state index is 13.2. The van der Waals surface area contributed by atoms with Crippen LogP contribution < -0.4 is 5.32 Å². The summed E-state index contributed by atoms with van der Waals surface area (Å²) in [5, 5.41) is 3.77. The number of hydrogen-bond acceptors (Lipinski definition) is 2. The quantitative estimate of drug-likeness (QED) is 0.847. The normalized spacial score (nSPS) is 12.4. The molecule has 1 atom stereocenters. The molecule has 0 aliphatic heterocycles. The van der Waals surface area contributed by atoms with E-state index in [0.717, 1.165) is 16.5 Å². The molecule has 20 heavy (non-hydrogen) atoms. The maximum atomic E-state index is 13.2. The lowest BCUT2D eigenvalue weighted by Crippen LogP contribution is -2.12. The first-order valence-corrected chi connectivity index (χ1v) is 7.30. The first-order chi connectivity index (χ1) is 9.51. The van der Waals surface area contributed by atoms with Crippen molar-refractivity contribution in [2.75, 3.05) is 7.05 Å². The van der Waals surface area contributed by atoms with E-state index in [4.69, 9.17) is 11.6 Å². The van der Waals surface area contributed by atoms with E-state index in [9.17, 15) is 8.78 Å². The van der Waals surface area contributed by atoms with Crippen LogP contribution in [0.25, 0.3) is 0 Å². The Morgan fingerprint density at radius 1 is 1.05 bits per heavy atom. The minimum atomic E-state index is -0.846. The Balaban J connectivity index is 2.22. The monoisotopic (exact) mass is 313 g/mol. The van der Waals surface area contributed by atoms with Crippen LogP contribution in [0, 0.1) is 11.6 Å². The number of rotatable bonds is 4. The molecule has 0 bridgehead atoms. The molecule has 0 heterocycles. The molecule has 1 nitrogen and oxygen atoms in total. The van der Waals surface area contributed by atoms with E-state index in [1.807, 2.05) is 32.2 Å². The lowest BCUT2D eigenvalue weighted by Gasteiger charge is -2.13. The van der Waals surface area contributed by atoms with Crippen molar-refractivity contribution >= 4 is 23.4 Å². The van der Waals surface area contributed by atoms with E-state index in [-0.39, 0.29) is 6.04 Å². The SMILES string of the molecule is CNC(C)c1ccc(Sc2ccc(F)c(F)c2)cc1Cl. The third kappa shape index (κ3) is 3.51. The topological polar surface area (TPSA) is 12.0 Å². The molecule has 0 amide bonds. The van der Waals surface area contributed by atoms with Crippen molar-refractivity contribution in [3.63, 3.8) is 0 Å². The lowest BCUT2D eigenvalue weighted by atomic mass is 10.1. The van der Waals surface area contributed by atoms with Crippen LogP contribution in [0.3, 0.4) is 0 Å². The fourth-order valence-corrected chi connectivity index (χ4v) is 3.05. The molecule has 0 saturated heterocycles. The van der Waals surface area contributed by atoms with Crippen LogP contribution in [0.5, 0.6) is 0 Å². The van der Waals surface area contributed by atoms with Gasteiger partial charge in [-0.25, -0.2) is 8.78 Å². The predicted octanol–water partition coefficient (Wildman–Crippen LogP) is 5.05. The Labute approximate surface area is 126 Å². The van der Waals surface area contributed by atoms with Gasteiger partial charge >= 0.3 is 0 Å². The van der Waals surface area contributed by atoms with Crippen LogP contribution in [0.1, 0.15) is 18.5 Å². The van der Waals surface area contributed by atoms with Gasteiger partial charge in [-0.1, -0.05) is 29.4 Å². The van der Waals surface area contributed by atoms with Gasteiger partial charge in [0.05, 0.1) is 0 Å². The van der Waals surface area contributed by atoms with E-state index in [2.05, 4.69) is 5.32 Å². The van der Waals surface area contributed by atoms with E-state index >= 15 is 0 Å². The number of hydrogen-bond donors (Lipinski definition) is 1. The maximum Gasteiger partial charge on any atom is 0.159 e. The summed E-state index contributed by atoms with van der Waals surface area (Å²) in [6.45, 7) is 2.02. The van der Waals surface area contributed by atoms with Gasteiger partial charge in [-0.15, -0.1) is 0 Å².